The minimum Gasteiger partial charge on any atom is -0.491 e. The highest BCUT2D eigenvalue weighted by atomic mass is 79.9. The van der Waals surface area contributed by atoms with Crippen LogP contribution < -0.4 is 14.4 Å². The summed E-state index contributed by atoms with van der Waals surface area (Å²) in [7, 11) is -3.87. The van der Waals surface area contributed by atoms with Crippen LogP contribution in [0, 0.1) is 0 Å². The van der Waals surface area contributed by atoms with Gasteiger partial charge in [0.15, 0.2) is 0 Å². The molecule has 8 heteroatoms. The van der Waals surface area contributed by atoms with Gasteiger partial charge >= 0.3 is 0 Å². The van der Waals surface area contributed by atoms with Gasteiger partial charge in [-0.2, -0.15) is 0 Å². The Hall–Kier alpha value is -2.06. The van der Waals surface area contributed by atoms with Gasteiger partial charge in [0.05, 0.1) is 22.4 Å². The maximum atomic E-state index is 13.0. The van der Waals surface area contributed by atoms with E-state index in [2.05, 4.69) is 21.2 Å². The molecule has 1 aliphatic heterocycles. The fraction of sp³-hybridized carbons (Fsp3) is 0.235. The average Bonchev–Trinajstić information content (AvgIpc) is 2.54. The van der Waals surface area contributed by atoms with E-state index in [0.717, 1.165) is 8.78 Å². The van der Waals surface area contributed by atoms with Crippen LogP contribution >= 0.6 is 15.9 Å². The number of amides is 1. The standard InChI is InChI=1S/C17H17BrN2O4S/c1-11(2)24-13-4-6-14(7-5-13)25(22,23)20-10-17(21)19-15-8-3-12(18)9-16(15)20/h3-9,11H,10H2,1-2H3,(H,19,21). The zero-order valence-electron chi connectivity index (χ0n) is 13.7. The first-order valence-corrected chi connectivity index (χ1v) is 9.89. The summed E-state index contributed by atoms with van der Waals surface area (Å²) in [6, 6.07) is 11.3. The number of hydrogen-bond donors (Lipinski definition) is 1. The number of hydrogen-bond acceptors (Lipinski definition) is 4. The molecular formula is C17H17BrN2O4S. The van der Waals surface area contributed by atoms with E-state index in [1.54, 1.807) is 30.3 Å². The van der Waals surface area contributed by atoms with Crippen LogP contribution in [0.25, 0.3) is 0 Å². The molecule has 6 nitrogen and oxygen atoms in total. The second kappa shape index (κ2) is 6.68. The third-order valence-corrected chi connectivity index (χ3v) is 5.84. The van der Waals surface area contributed by atoms with Crippen LogP contribution in [0.1, 0.15) is 13.8 Å². The summed E-state index contributed by atoms with van der Waals surface area (Å²) in [6.45, 7) is 3.52. The minimum absolute atomic E-state index is 0.00234. The van der Waals surface area contributed by atoms with Crippen LogP contribution in [0.5, 0.6) is 5.75 Å². The SMILES string of the molecule is CC(C)Oc1ccc(S(=O)(=O)N2CC(=O)Nc3ccc(Br)cc32)cc1. The quantitative estimate of drug-likeness (QED) is 0.815. The minimum atomic E-state index is -3.87. The van der Waals surface area contributed by atoms with Gasteiger partial charge in [-0.05, 0) is 56.3 Å². The first kappa shape index (κ1) is 17.8. The largest absolute Gasteiger partial charge is 0.491 e. The average molecular weight is 425 g/mol. The van der Waals surface area contributed by atoms with Gasteiger partial charge in [-0.1, -0.05) is 15.9 Å². The highest BCUT2D eigenvalue weighted by molar-refractivity contribution is 9.10. The molecule has 25 heavy (non-hydrogen) atoms. The molecule has 3 rings (SSSR count). The highest BCUT2D eigenvalue weighted by Crippen LogP contribution is 2.36. The Morgan fingerprint density at radius 2 is 1.84 bits per heavy atom. The monoisotopic (exact) mass is 424 g/mol. The van der Waals surface area contributed by atoms with Gasteiger partial charge < -0.3 is 10.1 Å². The normalized spacial score (nSPS) is 14.2. The van der Waals surface area contributed by atoms with Gasteiger partial charge in [0, 0.05) is 4.47 Å². The van der Waals surface area contributed by atoms with E-state index in [0.29, 0.717) is 17.1 Å². The fourth-order valence-electron chi connectivity index (χ4n) is 2.53. The van der Waals surface area contributed by atoms with Crippen LogP contribution in [0.15, 0.2) is 51.8 Å². The number of rotatable bonds is 4. The molecular weight excluding hydrogens is 408 g/mol. The topological polar surface area (TPSA) is 75.7 Å². The number of carbonyl (C=O) groups excluding carboxylic acids is 1. The summed E-state index contributed by atoms with van der Waals surface area (Å²) in [5.74, 6) is 0.214. The fourth-order valence-corrected chi connectivity index (χ4v) is 4.31. The number of halogens is 1. The summed E-state index contributed by atoms with van der Waals surface area (Å²) in [4.78, 5) is 12.0. The summed E-state index contributed by atoms with van der Waals surface area (Å²) in [5, 5.41) is 2.69. The first-order chi connectivity index (χ1) is 11.8. The Morgan fingerprint density at radius 1 is 1.16 bits per heavy atom. The Labute approximate surface area is 155 Å². The molecule has 0 aromatic heterocycles. The molecule has 0 unspecified atom stereocenters. The molecule has 0 bridgehead atoms. The van der Waals surface area contributed by atoms with E-state index >= 15 is 0 Å². The number of carbonyl (C=O) groups is 1. The molecule has 1 amide bonds. The van der Waals surface area contributed by atoms with Crippen molar-refractivity contribution in [3.63, 3.8) is 0 Å². The van der Waals surface area contributed by atoms with Crippen molar-refractivity contribution in [3.8, 4) is 5.75 Å². The van der Waals surface area contributed by atoms with Crippen molar-refractivity contribution in [2.75, 3.05) is 16.2 Å². The summed E-state index contributed by atoms with van der Waals surface area (Å²) < 4.78 is 33.4. The molecule has 132 valence electrons. The highest BCUT2D eigenvalue weighted by Gasteiger charge is 2.32. The number of fused-ring (bicyclic) bond motifs is 1. The summed E-state index contributed by atoms with van der Waals surface area (Å²) in [5.41, 5.74) is 0.888. The van der Waals surface area contributed by atoms with E-state index in [1.807, 2.05) is 13.8 Å². The van der Waals surface area contributed by atoms with E-state index in [1.165, 1.54) is 12.1 Å². The van der Waals surface area contributed by atoms with Crippen LogP contribution in [-0.4, -0.2) is 27.0 Å². The molecule has 0 radical (unpaired) electrons. The molecule has 0 spiro atoms. The van der Waals surface area contributed by atoms with E-state index < -0.39 is 10.0 Å². The molecule has 0 saturated heterocycles. The smallest absolute Gasteiger partial charge is 0.264 e. The molecule has 0 aliphatic carbocycles. The van der Waals surface area contributed by atoms with Gasteiger partial charge in [0.1, 0.15) is 12.3 Å². The molecule has 1 aliphatic rings. The second-order valence-corrected chi connectivity index (χ2v) is 8.64. The van der Waals surface area contributed by atoms with Crippen molar-refractivity contribution >= 4 is 43.2 Å². The Bertz CT molecular complexity index is 911. The Kier molecular flexibility index (Phi) is 4.75. The summed E-state index contributed by atoms with van der Waals surface area (Å²) >= 11 is 3.34. The van der Waals surface area contributed by atoms with Crippen molar-refractivity contribution in [2.45, 2.75) is 24.8 Å². The first-order valence-electron chi connectivity index (χ1n) is 7.66. The number of nitrogens with zero attached hydrogens (tertiary/aromatic N) is 1. The lowest BCUT2D eigenvalue weighted by atomic mass is 10.2. The predicted octanol–water partition coefficient (Wildman–Crippen LogP) is 3.38. The van der Waals surface area contributed by atoms with Crippen molar-refractivity contribution < 1.29 is 17.9 Å². The zero-order valence-corrected chi connectivity index (χ0v) is 16.1. The lowest BCUT2D eigenvalue weighted by Gasteiger charge is -2.30. The maximum Gasteiger partial charge on any atom is 0.264 e. The molecule has 1 heterocycles. The van der Waals surface area contributed by atoms with Crippen LogP contribution in [0.3, 0.4) is 0 Å². The van der Waals surface area contributed by atoms with E-state index in [-0.39, 0.29) is 23.5 Å². The lowest BCUT2D eigenvalue weighted by Crippen LogP contribution is -2.42. The Balaban J connectivity index is 2.00. The lowest BCUT2D eigenvalue weighted by molar-refractivity contribution is -0.115. The van der Waals surface area contributed by atoms with Gasteiger partial charge in [0.25, 0.3) is 10.0 Å². The van der Waals surface area contributed by atoms with Gasteiger partial charge in [0.2, 0.25) is 5.91 Å². The number of ether oxygens (including phenoxy) is 1. The van der Waals surface area contributed by atoms with Gasteiger partial charge in [-0.25, -0.2) is 8.42 Å². The molecule has 2 aromatic rings. The van der Waals surface area contributed by atoms with Crippen LogP contribution in [-0.2, 0) is 14.8 Å². The van der Waals surface area contributed by atoms with E-state index in [4.69, 9.17) is 4.74 Å². The Morgan fingerprint density at radius 3 is 2.48 bits per heavy atom. The number of sulfonamides is 1. The van der Waals surface area contributed by atoms with Gasteiger partial charge in [-0.3, -0.25) is 9.10 Å². The van der Waals surface area contributed by atoms with Crippen LogP contribution in [0.2, 0.25) is 0 Å². The van der Waals surface area contributed by atoms with Crippen molar-refractivity contribution in [1.29, 1.82) is 0 Å². The molecule has 0 atom stereocenters. The molecule has 1 N–H and O–H groups in total. The molecule has 0 saturated carbocycles. The predicted molar refractivity (Wildman–Crippen MR) is 99.5 cm³/mol. The van der Waals surface area contributed by atoms with Crippen molar-refractivity contribution in [2.24, 2.45) is 0 Å². The van der Waals surface area contributed by atoms with Crippen LogP contribution in [0.4, 0.5) is 11.4 Å². The van der Waals surface area contributed by atoms with E-state index in [9.17, 15) is 13.2 Å². The number of benzene rings is 2. The molecule has 0 fully saturated rings. The van der Waals surface area contributed by atoms with Crippen molar-refractivity contribution in [3.05, 3.63) is 46.9 Å². The number of anilines is 2. The number of nitrogens with one attached hydrogen (secondary N) is 1. The second-order valence-electron chi connectivity index (χ2n) is 5.86. The molecule has 2 aromatic carbocycles. The maximum absolute atomic E-state index is 13.0. The summed E-state index contributed by atoms with van der Waals surface area (Å²) in [6.07, 6.45) is -0.00234. The zero-order chi connectivity index (χ0) is 18.2. The van der Waals surface area contributed by atoms with Crippen molar-refractivity contribution in [1.82, 2.24) is 0 Å². The third-order valence-electron chi connectivity index (χ3n) is 3.57. The van der Waals surface area contributed by atoms with Gasteiger partial charge in [-0.15, -0.1) is 0 Å². The third kappa shape index (κ3) is 3.64.